The number of ether oxygens (including phenoxy) is 2. The fourth-order valence-electron chi connectivity index (χ4n) is 1.72. The van der Waals surface area contributed by atoms with Gasteiger partial charge in [-0.1, -0.05) is 35.6 Å². The Morgan fingerprint density at radius 2 is 1.83 bits per heavy atom. The van der Waals surface area contributed by atoms with Crippen molar-refractivity contribution < 1.29 is 14.3 Å². The number of carbonyl (C=O) groups is 1. The zero-order valence-corrected chi connectivity index (χ0v) is 13.4. The molecule has 118 valence electrons. The average molecular weight is 330 g/mol. The van der Waals surface area contributed by atoms with Gasteiger partial charge in [0.2, 0.25) is 0 Å². The second-order valence-corrected chi connectivity index (χ2v) is 4.93. The largest absolute Gasteiger partial charge is 0.497 e. The Balaban J connectivity index is 1.74. The summed E-state index contributed by atoms with van der Waals surface area (Å²) in [5.41, 5.74) is 0.734. The predicted octanol–water partition coefficient (Wildman–Crippen LogP) is 2.90. The van der Waals surface area contributed by atoms with E-state index in [0.29, 0.717) is 10.8 Å². The molecule has 23 heavy (non-hydrogen) atoms. The molecule has 0 bridgehead atoms. The van der Waals surface area contributed by atoms with Gasteiger partial charge in [-0.05, 0) is 36.4 Å². The molecule has 0 aliphatic heterocycles. The summed E-state index contributed by atoms with van der Waals surface area (Å²) in [5, 5.41) is 3.25. The van der Waals surface area contributed by atoms with E-state index >= 15 is 0 Å². The smallest absolute Gasteiger partial charge is 0.258 e. The minimum Gasteiger partial charge on any atom is -0.497 e. The van der Waals surface area contributed by atoms with Crippen molar-refractivity contribution in [2.45, 2.75) is 0 Å². The van der Waals surface area contributed by atoms with Gasteiger partial charge in [-0.3, -0.25) is 4.79 Å². The second kappa shape index (κ2) is 8.72. The first-order chi connectivity index (χ1) is 11.2. The summed E-state index contributed by atoms with van der Waals surface area (Å²) in [6.45, 7) is 0.163. The number of halogens is 1. The van der Waals surface area contributed by atoms with Gasteiger partial charge in [0.1, 0.15) is 11.5 Å². The Hall–Kier alpha value is -2.64. The van der Waals surface area contributed by atoms with Gasteiger partial charge in [-0.2, -0.15) is 0 Å². The van der Waals surface area contributed by atoms with E-state index in [-0.39, 0.29) is 19.1 Å². The molecule has 1 amide bonds. The highest BCUT2D eigenvalue weighted by atomic mass is 35.5. The zero-order chi connectivity index (χ0) is 16.5. The van der Waals surface area contributed by atoms with Crippen LogP contribution >= 0.6 is 11.6 Å². The van der Waals surface area contributed by atoms with Crippen LogP contribution in [0.1, 0.15) is 5.56 Å². The van der Waals surface area contributed by atoms with Crippen LogP contribution in [0.2, 0.25) is 5.02 Å². The molecule has 0 saturated heterocycles. The molecule has 0 saturated carbocycles. The highest BCUT2D eigenvalue weighted by Gasteiger charge is 2.01. The molecule has 0 aliphatic carbocycles. The Labute approximate surface area is 140 Å². The molecule has 2 aromatic rings. The minimum atomic E-state index is -0.241. The third-order valence-electron chi connectivity index (χ3n) is 2.90. The van der Waals surface area contributed by atoms with Crippen LogP contribution in [0.4, 0.5) is 0 Å². The van der Waals surface area contributed by atoms with Gasteiger partial charge in [-0.15, -0.1) is 0 Å². The van der Waals surface area contributed by atoms with Gasteiger partial charge in [0, 0.05) is 5.56 Å². The molecule has 0 atom stereocenters. The van der Waals surface area contributed by atoms with E-state index in [2.05, 4.69) is 17.2 Å². The summed E-state index contributed by atoms with van der Waals surface area (Å²) in [6.07, 6.45) is 0. The predicted molar refractivity (Wildman–Crippen MR) is 89.8 cm³/mol. The highest BCUT2D eigenvalue weighted by molar-refractivity contribution is 6.31. The van der Waals surface area contributed by atoms with Gasteiger partial charge < -0.3 is 14.8 Å². The van der Waals surface area contributed by atoms with Crippen LogP contribution in [0.15, 0.2) is 48.5 Å². The highest BCUT2D eigenvalue weighted by Crippen LogP contribution is 2.16. The Bertz CT molecular complexity index is 717. The SMILES string of the molecule is COc1ccc(OCC(=O)NCC#Cc2ccccc2Cl)cc1. The molecule has 1 N–H and O–H groups in total. The molecule has 0 radical (unpaired) electrons. The van der Waals surface area contributed by atoms with Gasteiger partial charge in [0.25, 0.3) is 5.91 Å². The summed E-state index contributed by atoms with van der Waals surface area (Å²) in [4.78, 5) is 11.7. The molecule has 4 nitrogen and oxygen atoms in total. The topological polar surface area (TPSA) is 47.6 Å². The Kier molecular flexibility index (Phi) is 6.34. The minimum absolute atomic E-state index is 0.0693. The van der Waals surface area contributed by atoms with Crippen molar-refractivity contribution in [3.63, 3.8) is 0 Å². The quantitative estimate of drug-likeness (QED) is 0.858. The fourth-order valence-corrected chi connectivity index (χ4v) is 1.90. The molecule has 0 spiro atoms. The molecule has 2 rings (SSSR count). The van der Waals surface area contributed by atoms with E-state index < -0.39 is 0 Å². The monoisotopic (exact) mass is 329 g/mol. The van der Waals surface area contributed by atoms with Crippen molar-refractivity contribution in [3.8, 4) is 23.3 Å². The number of methoxy groups -OCH3 is 1. The van der Waals surface area contributed by atoms with Crippen LogP contribution in [0, 0.1) is 11.8 Å². The van der Waals surface area contributed by atoms with E-state index in [1.54, 1.807) is 37.4 Å². The van der Waals surface area contributed by atoms with Crippen LogP contribution in [-0.2, 0) is 4.79 Å². The maximum Gasteiger partial charge on any atom is 0.258 e. The van der Waals surface area contributed by atoms with Crippen molar-refractivity contribution in [1.29, 1.82) is 0 Å². The maximum atomic E-state index is 11.7. The second-order valence-electron chi connectivity index (χ2n) is 4.52. The molecule has 5 heteroatoms. The number of hydrogen-bond donors (Lipinski definition) is 1. The van der Waals surface area contributed by atoms with Crippen molar-refractivity contribution in [2.75, 3.05) is 20.3 Å². The van der Waals surface area contributed by atoms with Crippen LogP contribution in [0.3, 0.4) is 0 Å². The van der Waals surface area contributed by atoms with Crippen molar-refractivity contribution in [1.82, 2.24) is 5.32 Å². The van der Waals surface area contributed by atoms with Crippen molar-refractivity contribution in [3.05, 3.63) is 59.1 Å². The lowest BCUT2D eigenvalue weighted by Crippen LogP contribution is -2.29. The zero-order valence-electron chi connectivity index (χ0n) is 12.6. The fraction of sp³-hybridized carbons (Fsp3) is 0.167. The molecule has 0 aromatic heterocycles. The third-order valence-corrected chi connectivity index (χ3v) is 3.23. The summed E-state index contributed by atoms with van der Waals surface area (Å²) in [7, 11) is 1.59. The van der Waals surface area contributed by atoms with E-state index in [4.69, 9.17) is 21.1 Å². The van der Waals surface area contributed by atoms with Crippen LogP contribution in [0.25, 0.3) is 0 Å². The van der Waals surface area contributed by atoms with Gasteiger partial charge >= 0.3 is 0 Å². The third kappa shape index (κ3) is 5.57. The molecule has 2 aromatic carbocycles. The lowest BCUT2D eigenvalue weighted by atomic mass is 10.2. The first kappa shape index (κ1) is 16.7. The molecule has 0 heterocycles. The van der Waals surface area contributed by atoms with E-state index in [1.165, 1.54) is 0 Å². The first-order valence-corrected chi connectivity index (χ1v) is 7.34. The maximum absolute atomic E-state index is 11.7. The van der Waals surface area contributed by atoms with Crippen LogP contribution < -0.4 is 14.8 Å². The van der Waals surface area contributed by atoms with Crippen LogP contribution in [-0.4, -0.2) is 26.2 Å². The van der Waals surface area contributed by atoms with Gasteiger partial charge in [0.15, 0.2) is 6.61 Å². The molecule has 0 unspecified atom stereocenters. The number of rotatable bonds is 5. The van der Waals surface area contributed by atoms with E-state index in [0.717, 1.165) is 11.3 Å². The number of hydrogen-bond acceptors (Lipinski definition) is 3. The molecule has 0 aliphatic rings. The van der Waals surface area contributed by atoms with Crippen LogP contribution in [0.5, 0.6) is 11.5 Å². The average Bonchev–Trinajstić information content (AvgIpc) is 2.59. The first-order valence-electron chi connectivity index (χ1n) is 6.96. The van der Waals surface area contributed by atoms with Crippen molar-refractivity contribution >= 4 is 17.5 Å². The number of carbonyl (C=O) groups excluding carboxylic acids is 1. The normalized spacial score (nSPS) is 9.48. The number of benzene rings is 2. The lowest BCUT2D eigenvalue weighted by molar-refractivity contribution is -0.122. The summed E-state index contributed by atoms with van der Waals surface area (Å²) >= 11 is 5.99. The number of nitrogens with one attached hydrogen (secondary N) is 1. The molecular weight excluding hydrogens is 314 g/mol. The summed E-state index contributed by atoms with van der Waals surface area (Å²) < 4.78 is 10.4. The van der Waals surface area contributed by atoms with Crippen molar-refractivity contribution in [2.24, 2.45) is 0 Å². The van der Waals surface area contributed by atoms with E-state index in [9.17, 15) is 4.79 Å². The van der Waals surface area contributed by atoms with Gasteiger partial charge in [-0.25, -0.2) is 0 Å². The molecule has 0 fully saturated rings. The molecular formula is C18H16ClNO3. The Morgan fingerprint density at radius 3 is 2.52 bits per heavy atom. The standard InChI is InChI=1S/C18H16ClNO3/c1-22-15-8-10-16(11-9-15)23-13-18(21)20-12-4-6-14-5-2-3-7-17(14)19/h2-3,5,7-11H,12-13H2,1H3,(H,20,21). The number of amides is 1. The van der Waals surface area contributed by atoms with E-state index in [1.807, 2.05) is 18.2 Å². The summed E-state index contributed by atoms with van der Waals surface area (Å²) in [6, 6.07) is 14.3. The van der Waals surface area contributed by atoms with Gasteiger partial charge in [0.05, 0.1) is 18.7 Å². The Morgan fingerprint density at radius 1 is 1.13 bits per heavy atom. The lowest BCUT2D eigenvalue weighted by Gasteiger charge is -2.06. The summed E-state index contributed by atoms with van der Waals surface area (Å²) in [5.74, 6) is 6.84.